The van der Waals surface area contributed by atoms with E-state index in [-0.39, 0.29) is 5.56 Å². The molecule has 4 heteroatoms. The number of unbranched alkanes of at least 4 members (excludes halogenated alkanes) is 7. The van der Waals surface area contributed by atoms with Gasteiger partial charge in [-0.3, -0.25) is 0 Å². The second-order valence-electron chi connectivity index (χ2n) is 9.85. The van der Waals surface area contributed by atoms with E-state index < -0.39 is 11.8 Å². The first-order valence-corrected chi connectivity index (χ1v) is 13.7. The quantitative estimate of drug-likeness (QED) is 0.145. The van der Waals surface area contributed by atoms with Crippen molar-refractivity contribution in [3.63, 3.8) is 0 Å². The van der Waals surface area contributed by atoms with Crippen LogP contribution in [0.2, 0.25) is 0 Å². The monoisotopic (exact) mass is 481 g/mol. The smallest absolute Gasteiger partial charge is 0.346 e. The molecule has 0 N–H and O–H groups in total. The Hall–Kier alpha value is -2.36. The van der Waals surface area contributed by atoms with Gasteiger partial charge in [0.25, 0.3) is 0 Å². The molecule has 35 heavy (non-hydrogen) atoms. The summed E-state index contributed by atoms with van der Waals surface area (Å²) in [6, 6.07) is 11.9. The van der Waals surface area contributed by atoms with Gasteiger partial charge in [0.05, 0.1) is 12.2 Å². The molecule has 0 bridgehead atoms. The molecule has 1 saturated carbocycles. The number of hydrogen-bond acceptors (Lipinski definition) is 3. The van der Waals surface area contributed by atoms with Crippen LogP contribution in [0.25, 0.3) is 0 Å². The molecule has 0 spiro atoms. The summed E-state index contributed by atoms with van der Waals surface area (Å²) < 4.78 is 25.6. The number of hydrogen-bond donors (Lipinski definition) is 0. The highest BCUT2D eigenvalue weighted by molar-refractivity contribution is 5.91. The molecule has 1 aliphatic carbocycles. The van der Waals surface area contributed by atoms with Crippen molar-refractivity contribution in [1.82, 2.24) is 0 Å². The fraction of sp³-hybridized carbons (Fsp3) is 0.548. The molecule has 1 radical (unpaired) electrons. The van der Waals surface area contributed by atoms with Crippen molar-refractivity contribution >= 4 is 5.97 Å². The molecule has 0 heterocycles. The van der Waals surface area contributed by atoms with Gasteiger partial charge in [-0.15, -0.1) is 0 Å². The average Bonchev–Trinajstić information content (AvgIpc) is 2.88. The topological polar surface area (TPSA) is 35.5 Å². The molecule has 3 rings (SSSR count). The van der Waals surface area contributed by atoms with Gasteiger partial charge in [0.1, 0.15) is 17.3 Å². The highest BCUT2D eigenvalue weighted by atomic mass is 19.1. The third kappa shape index (κ3) is 10.0. The Morgan fingerprint density at radius 2 is 1.54 bits per heavy atom. The maximum atomic E-state index is 14.5. The normalized spacial score (nSPS) is 14.1. The van der Waals surface area contributed by atoms with Crippen LogP contribution in [-0.2, 0) is 6.42 Å². The molecule has 2 aromatic carbocycles. The average molecular weight is 482 g/mol. The van der Waals surface area contributed by atoms with Crippen LogP contribution in [0.1, 0.15) is 106 Å². The van der Waals surface area contributed by atoms with Crippen LogP contribution in [0.3, 0.4) is 0 Å². The predicted octanol–water partition coefficient (Wildman–Crippen LogP) is 8.89. The highest BCUT2D eigenvalue weighted by Gasteiger charge is 2.16. The van der Waals surface area contributed by atoms with Crippen LogP contribution in [0.4, 0.5) is 4.39 Å². The molecule has 0 aliphatic heterocycles. The third-order valence-corrected chi connectivity index (χ3v) is 6.96. The van der Waals surface area contributed by atoms with Gasteiger partial charge < -0.3 is 9.47 Å². The Bertz CT molecular complexity index is 871. The molecule has 1 fully saturated rings. The van der Waals surface area contributed by atoms with Gasteiger partial charge in [-0.05, 0) is 74.3 Å². The van der Waals surface area contributed by atoms with Crippen LogP contribution < -0.4 is 9.47 Å². The number of aryl methyl sites for hydroxylation is 1. The zero-order chi connectivity index (χ0) is 24.7. The second kappa shape index (κ2) is 15.6. The summed E-state index contributed by atoms with van der Waals surface area (Å²) in [7, 11) is 0. The van der Waals surface area contributed by atoms with E-state index >= 15 is 0 Å². The third-order valence-electron chi connectivity index (χ3n) is 6.96. The summed E-state index contributed by atoms with van der Waals surface area (Å²) in [4.78, 5) is 12.5. The first-order valence-electron chi connectivity index (χ1n) is 13.7. The van der Waals surface area contributed by atoms with Gasteiger partial charge in [0, 0.05) is 6.07 Å². The van der Waals surface area contributed by atoms with Crippen molar-refractivity contribution in [3.05, 3.63) is 65.8 Å². The van der Waals surface area contributed by atoms with Crippen molar-refractivity contribution in [1.29, 1.82) is 0 Å². The van der Waals surface area contributed by atoms with E-state index in [1.54, 1.807) is 18.2 Å². The minimum absolute atomic E-state index is 0.0809. The van der Waals surface area contributed by atoms with Crippen LogP contribution in [-0.4, -0.2) is 12.6 Å². The van der Waals surface area contributed by atoms with Crippen LogP contribution in [0, 0.1) is 18.2 Å². The van der Waals surface area contributed by atoms with Crippen molar-refractivity contribution in [2.45, 2.75) is 96.8 Å². The van der Waals surface area contributed by atoms with E-state index in [1.165, 1.54) is 88.3 Å². The SMILES string of the molecule is CCCCCCCCCCOc1ccc(C(=O)Oc2ccc(CCC3CC[CH]CC3)cc2)c(F)c1. The summed E-state index contributed by atoms with van der Waals surface area (Å²) in [6.07, 6.45) is 19.5. The summed E-state index contributed by atoms with van der Waals surface area (Å²) in [5, 5.41) is 0. The Balaban J connectivity index is 1.37. The summed E-state index contributed by atoms with van der Waals surface area (Å²) in [5.41, 5.74) is 1.16. The molecule has 0 aromatic heterocycles. The van der Waals surface area contributed by atoms with Gasteiger partial charge in [-0.1, -0.05) is 76.8 Å². The van der Waals surface area contributed by atoms with Crippen LogP contribution >= 0.6 is 0 Å². The summed E-state index contributed by atoms with van der Waals surface area (Å²) in [5.74, 6) is 0.378. The standard InChI is InChI=1S/C31H42FO3/c1-2-3-4-5-6-7-8-12-23-34-28-21-22-29(30(32)24-28)31(33)35-27-19-17-26(18-20-27)16-15-25-13-10-9-11-14-25/h9,17-22,24-25H,2-8,10-16,23H2,1H3. The molecule has 2 aromatic rings. The van der Waals surface area contributed by atoms with Crippen molar-refractivity contribution in [3.8, 4) is 11.5 Å². The van der Waals surface area contributed by atoms with E-state index in [4.69, 9.17) is 9.47 Å². The lowest BCUT2D eigenvalue weighted by molar-refractivity contribution is 0.0730. The Labute approximate surface area is 211 Å². The minimum atomic E-state index is -0.691. The first kappa shape index (κ1) is 27.2. The zero-order valence-corrected chi connectivity index (χ0v) is 21.4. The summed E-state index contributed by atoms with van der Waals surface area (Å²) in [6.45, 7) is 2.79. The van der Waals surface area contributed by atoms with E-state index in [9.17, 15) is 9.18 Å². The fourth-order valence-electron chi connectivity index (χ4n) is 4.72. The van der Waals surface area contributed by atoms with Crippen molar-refractivity contribution in [2.24, 2.45) is 5.92 Å². The molecule has 1 aliphatic rings. The van der Waals surface area contributed by atoms with Crippen LogP contribution in [0.15, 0.2) is 42.5 Å². The van der Waals surface area contributed by atoms with Gasteiger partial charge in [-0.25, -0.2) is 9.18 Å². The lowest BCUT2D eigenvalue weighted by Crippen LogP contribution is -2.11. The maximum absolute atomic E-state index is 14.5. The Kier molecular flexibility index (Phi) is 12.1. The van der Waals surface area contributed by atoms with E-state index in [0.717, 1.165) is 25.2 Å². The number of carbonyl (C=O) groups excluding carboxylic acids is 1. The first-order chi connectivity index (χ1) is 17.2. The van der Waals surface area contributed by atoms with Crippen molar-refractivity contribution in [2.75, 3.05) is 6.61 Å². The molecular weight excluding hydrogens is 439 g/mol. The van der Waals surface area contributed by atoms with Gasteiger partial charge in [-0.2, -0.15) is 0 Å². The number of carbonyl (C=O) groups is 1. The number of esters is 1. The van der Waals surface area contributed by atoms with Gasteiger partial charge in [0.2, 0.25) is 0 Å². The van der Waals surface area contributed by atoms with Gasteiger partial charge in [0.15, 0.2) is 0 Å². The molecular formula is C31H42FO3. The zero-order valence-electron chi connectivity index (χ0n) is 21.4. The second-order valence-corrected chi connectivity index (χ2v) is 9.85. The number of benzene rings is 2. The maximum Gasteiger partial charge on any atom is 0.346 e. The number of ether oxygens (including phenoxy) is 2. The highest BCUT2D eigenvalue weighted by Crippen LogP contribution is 2.27. The molecule has 0 unspecified atom stereocenters. The Morgan fingerprint density at radius 1 is 0.886 bits per heavy atom. The van der Waals surface area contributed by atoms with E-state index in [0.29, 0.717) is 18.1 Å². The molecule has 0 atom stereocenters. The number of rotatable bonds is 15. The molecule has 0 amide bonds. The molecule has 0 saturated heterocycles. The number of halogens is 1. The van der Waals surface area contributed by atoms with E-state index in [1.807, 2.05) is 12.1 Å². The van der Waals surface area contributed by atoms with Crippen LogP contribution in [0.5, 0.6) is 11.5 Å². The lowest BCUT2D eigenvalue weighted by atomic mass is 9.85. The Morgan fingerprint density at radius 3 is 2.23 bits per heavy atom. The molecule has 3 nitrogen and oxygen atoms in total. The van der Waals surface area contributed by atoms with Gasteiger partial charge >= 0.3 is 5.97 Å². The molecule has 191 valence electrons. The predicted molar refractivity (Wildman–Crippen MR) is 140 cm³/mol. The van der Waals surface area contributed by atoms with E-state index in [2.05, 4.69) is 13.3 Å². The summed E-state index contributed by atoms with van der Waals surface area (Å²) >= 11 is 0. The largest absolute Gasteiger partial charge is 0.493 e. The fourth-order valence-corrected chi connectivity index (χ4v) is 4.72. The van der Waals surface area contributed by atoms with Crippen molar-refractivity contribution < 1.29 is 18.7 Å². The minimum Gasteiger partial charge on any atom is -0.493 e. The lowest BCUT2D eigenvalue weighted by Gasteiger charge is -2.21.